The van der Waals surface area contributed by atoms with E-state index in [4.69, 9.17) is 22.1 Å². The minimum atomic E-state index is 0.366. The van der Waals surface area contributed by atoms with Crippen molar-refractivity contribution < 1.29 is 14.2 Å². The Balaban J connectivity index is 2.12. The standard InChI is InChI=1S/C25H34BBr2NO3/c1-19-17-21(27)3-5-23(19)24-6-4-22(28)18-25(24)20(7-10-29-11-9-26)8-12-31-15-16-32-14-13-30-2/h3-6,17-18,20,29H,7-16H2,1-2H3. The number of nitrogens with one attached hydrogen (secondary N) is 1. The fraction of sp³-hybridized carbons (Fsp3) is 0.520. The van der Waals surface area contributed by atoms with Crippen molar-refractivity contribution in [3.63, 3.8) is 0 Å². The van der Waals surface area contributed by atoms with Crippen LogP contribution in [0.4, 0.5) is 0 Å². The summed E-state index contributed by atoms with van der Waals surface area (Å²) in [5, 5.41) is 3.44. The Morgan fingerprint density at radius 2 is 1.50 bits per heavy atom. The van der Waals surface area contributed by atoms with Gasteiger partial charge >= 0.3 is 0 Å². The van der Waals surface area contributed by atoms with E-state index in [0.29, 0.717) is 45.3 Å². The average molecular weight is 567 g/mol. The average Bonchev–Trinajstić information content (AvgIpc) is 2.77. The first-order chi connectivity index (χ1) is 15.6. The van der Waals surface area contributed by atoms with Crippen LogP contribution in [-0.2, 0) is 14.2 Å². The quantitative estimate of drug-likeness (QED) is 0.203. The molecule has 0 aliphatic rings. The summed E-state index contributed by atoms with van der Waals surface area (Å²) in [6.07, 6.45) is 2.62. The fourth-order valence-corrected chi connectivity index (χ4v) is 4.55. The maximum absolute atomic E-state index is 5.88. The van der Waals surface area contributed by atoms with Gasteiger partial charge in [-0.1, -0.05) is 50.3 Å². The molecule has 2 rings (SSSR count). The number of methoxy groups -OCH3 is 1. The topological polar surface area (TPSA) is 39.7 Å². The minimum absolute atomic E-state index is 0.366. The molecule has 0 aromatic heterocycles. The molecule has 0 saturated carbocycles. The lowest BCUT2D eigenvalue weighted by Gasteiger charge is -2.23. The summed E-state index contributed by atoms with van der Waals surface area (Å²) in [6.45, 7) is 7.01. The number of ether oxygens (including phenoxy) is 3. The smallest absolute Gasteiger partial charge is 0.0701 e. The van der Waals surface area contributed by atoms with Crippen molar-refractivity contribution in [3.05, 3.63) is 56.5 Å². The first kappa shape index (κ1) is 27.5. The summed E-state index contributed by atoms with van der Waals surface area (Å²) >= 11 is 7.27. The first-order valence-corrected chi connectivity index (χ1v) is 12.8. The molecule has 0 amide bonds. The van der Waals surface area contributed by atoms with Crippen LogP contribution >= 0.6 is 31.9 Å². The SMILES string of the molecule is [B]CCNCCC(CCOCCOCCOC)c1cc(Br)ccc1-c1ccc(Br)cc1C. The van der Waals surface area contributed by atoms with Gasteiger partial charge in [0.1, 0.15) is 0 Å². The van der Waals surface area contributed by atoms with Crippen LogP contribution in [0.2, 0.25) is 6.32 Å². The zero-order valence-corrected chi connectivity index (χ0v) is 22.3. The highest BCUT2D eigenvalue weighted by molar-refractivity contribution is 9.10. The molecule has 2 radical (unpaired) electrons. The lowest BCUT2D eigenvalue weighted by molar-refractivity contribution is 0.0232. The molecule has 2 aromatic carbocycles. The molecule has 7 heteroatoms. The molecule has 1 N–H and O–H groups in total. The van der Waals surface area contributed by atoms with Gasteiger partial charge in [0.2, 0.25) is 0 Å². The van der Waals surface area contributed by atoms with Crippen LogP contribution in [0.1, 0.15) is 29.9 Å². The molecule has 2 aromatic rings. The summed E-state index contributed by atoms with van der Waals surface area (Å²) in [6, 6.07) is 13.1. The van der Waals surface area contributed by atoms with E-state index >= 15 is 0 Å². The van der Waals surface area contributed by atoms with Crippen LogP contribution in [0.5, 0.6) is 0 Å². The largest absolute Gasteiger partial charge is 0.382 e. The predicted octanol–water partition coefficient (Wildman–Crippen LogP) is 5.91. The number of halogens is 2. The Labute approximate surface area is 211 Å². The molecule has 0 bridgehead atoms. The van der Waals surface area contributed by atoms with Crippen LogP contribution in [-0.4, -0.2) is 61.1 Å². The van der Waals surface area contributed by atoms with Gasteiger partial charge in [-0.25, -0.2) is 0 Å². The summed E-state index contributed by atoms with van der Waals surface area (Å²) in [5.74, 6) is 0.366. The van der Waals surface area contributed by atoms with Gasteiger partial charge in [0, 0.05) is 22.7 Å². The zero-order valence-electron chi connectivity index (χ0n) is 19.2. The maximum Gasteiger partial charge on any atom is 0.0701 e. The van der Waals surface area contributed by atoms with Crippen molar-refractivity contribution in [2.75, 3.05) is 53.2 Å². The van der Waals surface area contributed by atoms with Gasteiger partial charge in [-0.05, 0) is 85.3 Å². The highest BCUT2D eigenvalue weighted by Crippen LogP contribution is 2.37. The second kappa shape index (κ2) is 16.0. The van der Waals surface area contributed by atoms with Crippen molar-refractivity contribution in [2.24, 2.45) is 0 Å². The van der Waals surface area contributed by atoms with E-state index in [1.165, 1.54) is 22.3 Å². The molecule has 0 aliphatic heterocycles. The van der Waals surface area contributed by atoms with Gasteiger partial charge in [0.15, 0.2) is 0 Å². The molecule has 1 unspecified atom stereocenters. The van der Waals surface area contributed by atoms with E-state index in [-0.39, 0.29) is 0 Å². The van der Waals surface area contributed by atoms with Gasteiger partial charge in [-0.15, -0.1) is 0 Å². The van der Waals surface area contributed by atoms with Gasteiger partial charge < -0.3 is 19.5 Å². The van der Waals surface area contributed by atoms with Crippen molar-refractivity contribution in [3.8, 4) is 11.1 Å². The lowest BCUT2D eigenvalue weighted by atomic mass is 9.85. The van der Waals surface area contributed by atoms with E-state index in [1.54, 1.807) is 7.11 Å². The van der Waals surface area contributed by atoms with Gasteiger partial charge in [0.25, 0.3) is 0 Å². The van der Waals surface area contributed by atoms with Crippen LogP contribution in [0, 0.1) is 6.92 Å². The second-order valence-corrected chi connectivity index (χ2v) is 9.55. The third kappa shape index (κ3) is 9.66. The lowest BCUT2D eigenvalue weighted by Crippen LogP contribution is -2.20. The summed E-state index contributed by atoms with van der Waals surface area (Å²) < 4.78 is 18.6. The van der Waals surface area contributed by atoms with Crippen LogP contribution < -0.4 is 5.32 Å². The Kier molecular flexibility index (Phi) is 13.8. The Morgan fingerprint density at radius 1 is 0.844 bits per heavy atom. The molecule has 32 heavy (non-hydrogen) atoms. The van der Waals surface area contributed by atoms with E-state index in [9.17, 15) is 0 Å². The van der Waals surface area contributed by atoms with Crippen LogP contribution in [0.3, 0.4) is 0 Å². The zero-order chi connectivity index (χ0) is 23.2. The Morgan fingerprint density at radius 3 is 2.19 bits per heavy atom. The Hall–Kier alpha value is -0.695. The molecule has 0 spiro atoms. The van der Waals surface area contributed by atoms with Crippen LogP contribution in [0.25, 0.3) is 11.1 Å². The third-order valence-electron chi connectivity index (χ3n) is 5.34. The highest BCUT2D eigenvalue weighted by atomic mass is 79.9. The molecule has 0 saturated heterocycles. The molecule has 0 aliphatic carbocycles. The minimum Gasteiger partial charge on any atom is -0.382 e. The molecule has 1 atom stereocenters. The number of rotatable bonds is 16. The van der Waals surface area contributed by atoms with Gasteiger partial charge in [-0.2, -0.15) is 0 Å². The van der Waals surface area contributed by atoms with Gasteiger partial charge in [0.05, 0.1) is 34.3 Å². The van der Waals surface area contributed by atoms with E-state index < -0.39 is 0 Å². The number of hydrogen-bond donors (Lipinski definition) is 1. The van der Waals surface area contributed by atoms with E-state index in [1.807, 2.05) is 0 Å². The molecule has 174 valence electrons. The monoisotopic (exact) mass is 565 g/mol. The number of hydrogen-bond acceptors (Lipinski definition) is 4. The normalized spacial score (nSPS) is 12.2. The molecular formula is C25H34BBr2NO3. The summed E-state index contributed by atoms with van der Waals surface area (Å²) in [7, 11) is 7.33. The van der Waals surface area contributed by atoms with Crippen molar-refractivity contribution in [2.45, 2.75) is 32.0 Å². The summed E-state index contributed by atoms with van der Waals surface area (Å²) in [5.41, 5.74) is 5.15. The maximum atomic E-state index is 5.88. The molecule has 0 fully saturated rings. The predicted molar refractivity (Wildman–Crippen MR) is 141 cm³/mol. The van der Waals surface area contributed by atoms with E-state index in [0.717, 1.165) is 34.9 Å². The van der Waals surface area contributed by atoms with Crippen LogP contribution in [0.15, 0.2) is 45.3 Å². The third-order valence-corrected chi connectivity index (χ3v) is 6.32. The van der Waals surface area contributed by atoms with Gasteiger partial charge in [-0.3, -0.25) is 0 Å². The number of benzene rings is 2. The second-order valence-electron chi connectivity index (χ2n) is 7.72. The molecule has 0 heterocycles. The van der Waals surface area contributed by atoms with Crippen molar-refractivity contribution in [1.29, 1.82) is 0 Å². The molecular weight excluding hydrogens is 533 g/mol. The fourth-order valence-electron chi connectivity index (χ4n) is 3.69. The van der Waals surface area contributed by atoms with E-state index in [2.05, 4.69) is 80.5 Å². The highest BCUT2D eigenvalue weighted by Gasteiger charge is 2.18. The number of aryl methyl sites for hydroxylation is 1. The first-order valence-electron chi connectivity index (χ1n) is 11.2. The Bertz CT molecular complexity index is 807. The molecule has 4 nitrogen and oxygen atoms in total. The summed E-state index contributed by atoms with van der Waals surface area (Å²) in [4.78, 5) is 0. The van der Waals surface area contributed by atoms with Crippen molar-refractivity contribution in [1.82, 2.24) is 5.32 Å². The van der Waals surface area contributed by atoms with Crippen molar-refractivity contribution >= 4 is 39.7 Å².